The van der Waals surface area contributed by atoms with Gasteiger partial charge in [-0.2, -0.15) is 0 Å². The largest absolute Gasteiger partial charge is 0.476 e. The van der Waals surface area contributed by atoms with Crippen LogP contribution >= 0.6 is 22.2 Å². The van der Waals surface area contributed by atoms with Crippen molar-refractivity contribution >= 4 is 41.2 Å². The number of carbonyl (C=O) groups is 2. The number of hydrogen-bond acceptors (Lipinski definition) is 2. The summed E-state index contributed by atoms with van der Waals surface area (Å²) in [5.74, 6) is 0. The third kappa shape index (κ3) is 1.38. The van der Waals surface area contributed by atoms with Crippen molar-refractivity contribution in [3.63, 3.8) is 0 Å². The van der Waals surface area contributed by atoms with Crippen molar-refractivity contribution < 1.29 is 9.59 Å². The van der Waals surface area contributed by atoms with Gasteiger partial charge in [-0.05, 0) is 0 Å². The molecule has 0 aromatic carbocycles. The van der Waals surface area contributed by atoms with Crippen molar-refractivity contribution in [2.75, 3.05) is 21.1 Å². The molecule has 1 rings (SSSR count). The lowest BCUT2D eigenvalue weighted by molar-refractivity contribution is 0.163. The smallest absolute Gasteiger partial charge is 0.312 e. The van der Waals surface area contributed by atoms with E-state index in [1.807, 2.05) is 0 Å². The van der Waals surface area contributed by atoms with Gasteiger partial charge in [0.1, 0.15) is 0 Å². The van der Waals surface area contributed by atoms with Crippen LogP contribution in [-0.2, 0) is 0 Å². The quantitative estimate of drug-likeness (QED) is 0.469. The minimum atomic E-state index is -3.09. The van der Waals surface area contributed by atoms with E-state index in [0.717, 1.165) is 4.90 Å². The standard InChI is InChI=1S/C5H9Cl2N3O2Si/c1-8-4(11)9(2)13(6,7)10(3)5(8)12/h1-3H3. The molecule has 1 saturated heterocycles. The zero-order chi connectivity index (χ0) is 10.4. The molecule has 0 N–H and O–H groups in total. The Hall–Kier alpha value is -0.463. The Kier molecular flexibility index (Phi) is 2.48. The number of hydrogen-bond donors (Lipinski definition) is 0. The van der Waals surface area contributed by atoms with Gasteiger partial charge in [-0.15, -0.1) is 0 Å². The Labute approximate surface area is 86.4 Å². The van der Waals surface area contributed by atoms with Gasteiger partial charge in [-0.1, -0.05) is 22.2 Å². The third-order valence-electron chi connectivity index (χ3n) is 1.95. The van der Waals surface area contributed by atoms with E-state index in [4.69, 9.17) is 22.2 Å². The lowest BCUT2D eigenvalue weighted by Crippen LogP contribution is -2.69. The van der Waals surface area contributed by atoms with E-state index in [-0.39, 0.29) is 0 Å². The van der Waals surface area contributed by atoms with Crippen molar-refractivity contribution in [1.29, 1.82) is 0 Å². The molecular weight excluding hydrogens is 233 g/mol. The summed E-state index contributed by atoms with van der Waals surface area (Å²) in [7, 11) is 1.25. The first kappa shape index (κ1) is 10.6. The summed E-state index contributed by atoms with van der Waals surface area (Å²) in [5, 5.41) is 0. The highest BCUT2D eigenvalue weighted by Gasteiger charge is 2.52. The summed E-state index contributed by atoms with van der Waals surface area (Å²) in [6, 6.07) is -0.945. The highest BCUT2D eigenvalue weighted by Crippen LogP contribution is 2.28. The molecule has 1 aliphatic heterocycles. The van der Waals surface area contributed by atoms with Crippen molar-refractivity contribution in [3.8, 4) is 0 Å². The molecule has 74 valence electrons. The number of urea groups is 2. The minimum Gasteiger partial charge on any atom is -0.312 e. The molecular formula is C5H9Cl2N3O2Si. The molecule has 0 aromatic rings. The maximum Gasteiger partial charge on any atom is 0.476 e. The first-order valence-corrected chi connectivity index (χ1v) is 7.39. The fourth-order valence-corrected chi connectivity index (χ4v) is 3.06. The average Bonchev–Trinajstić information content (AvgIpc) is 2.09. The molecule has 4 amide bonds. The van der Waals surface area contributed by atoms with Crippen molar-refractivity contribution in [2.24, 2.45) is 0 Å². The Morgan fingerprint density at radius 2 is 1.31 bits per heavy atom. The van der Waals surface area contributed by atoms with E-state index in [9.17, 15) is 9.59 Å². The third-order valence-corrected chi connectivity index (χ3v) is 6.99. The Balaban J connectivity index is 3.07. The Morgan fingerprint density at radius 1 is 1.00 bits per heavy atom. The Bertz CT molecular complexity index is 249. The van der Waals surface area contributed by atoms with Gasteiger partial charge in [0, 0.05) is 21.1 Å². The second-order valence-corrected chi connectivity index (χ2v) is 8.85. The molecule has 0 atom stereocenters. The molecule has 1 heterocycles. The molecule has 0 spiro atoms. The van der Waals surface area contributed by atoms with Crippen LogP contribution in [0.4, 0.5) is 9.59 Å². The zero-order valence-electron chi connectivity index (χ0n) is 7.41. The van der Waals surface area contributed by atoms with Crippen LogP contribution in [0.3, 0.4) is 0 Å². The number of nitrogens with zero attached hydrogens (tertiary/aromatic N) is 3. The molecule has 1 fully saturated rings. The SMILES string of the molecule is CN1C(=O)N(C)[Si](Cl)(Cl)N(C)C1=O. The van der Waals surface area contributed by atoms with E-state index in [1.54, 1.807) is 0 Å². The van der Waals surface area contributed by atoms with Crippen molar-refractivity contribution in [3.05, 3.63) is 0 Å². The fraction of sp³-hybridized carbons (Fsp3) is 0.600. The molecule has 0 unspecified atom stereocenters. The summed E-state index contributed by atoms with van der Waals surface area (Å²) in [6.45, 7) is 0. The molecule has 0 aliphatic carbocycles. The fourth-order valence-electron chi connectivity index (χ4n) is 0.987. The van der Waals surface area contributed by atoms with Crippen LogP contribution in [-0.4, -0.2) is 54.3 Å². The van der Waals surface area contributed by atoms with Gasteiger partial charge in [-0.25, -0.2) is 9.59 Å². The van der Waals surface area contributed by atoms with Crippen LogP contribution in [0.5, 0.6) is 0 Å². The lowest BCUT2D eigenvalue weighted by atomic mass is 10.7. The van der Waals surface area contributed by atoms with Gasteiger partial charge >= 0.3 is 19.1 Å². The molecule has 0 radical (unpaired) electrons. The topological polar surface area (TPSA) is 43.9 Å². The van der Waals surface area contributed by atoms with Crippen LogP contribution in [0.15, 0.2) is 0 Å². The van der Waals surface area contributed by atoms with Crippen LogP contribution < -0.4 is 0 Å². The summed E-state index contributed by atoms with van der Waals surface area (Å²) in [5.41, 5.74) is 0. The van der Waals surface area contributed by atoms with Crippen LogP contribution in [0, 0.1) is 0 Å². The molecule has 13 heavy (non-hydrogen) atoms. The second-order valence-electron chi connectivity index (χ2n) is 2.75. The van der Waals surface area contributed by atoms with E-state index < -0.39 is 19.1 Å². The van der Waals surface area contributed by atoms with Gasteiger partial charge in [0.2, 0.25) is 0 Å². The van der Waals surface area contributed by atoms with Crippen LogP contribution in [0.25, 0.3) is 0 Å². The van der Waals surface area contributed by atoms with E-state index in [0.29, 0.717) is 0 Å². The van der Waals surface area contributed by atoms with Gasteiger partial charge in [-0.3, -0.25) is 4.90 Å². The maximum atomic E-state index is 11.4. The highest BCUT2D eigenvalue weighted by molar-refractivity contribution is 7.43. The monoisotopic (exact) mass is 241 g/mol. The van der Waals surface area contributed by atoms with Gasteiger partial charge in [0.25, 0.3) is 0 Å². The molecule has 0 saturated carbocycles. The number of halogens is 2. The van der Waals surface area contributed by atoms with Gasteiger partial charge < -0.3 is 9.13 Å². The summed E-state index contributed by atoms with van der Waals surface area (Å²) >= 11 is 11.8. The first-order chi connectivity index (χ1) is 5.80. The zero-order valence-corrected chi connectivity index (χ0v) is 9.93. The number of rotatable bonds is 0. The predicted molar refractivity (Wildman–Crippen MR) is 51.5 cm³/mol. The molecule has 0 aromatic heterocycles. The second kappa shape index (κ2) is 3.04. The van der Waals surface area contributed by atoms with Crippen LogP contribution in [0.1, 0.15) is 0 Å². The first-order valence-electron chi connectivity index (χ1n) is 3.47. The normalized spacial score (nSPS) is 22.7. The molecule has 5 nitrogen and oxygen atoms in total. The van der Waals surface area contributed by atoms with E-state index in [2.05, 4.69) is 0 Å². The highest BCUT2D eigenvalue weighted by atomic mass is 35.7. The summed E-state index contributed by atoms with van der Waals surface area (Å²) < 4.78 is 2.41. The predicted octanol–water partition coefficient (Wildman–Crippen LogP) is 0.949. The molecule has 0 bridgehead atoms. The van der Waals surface area contributed by atoms with Crippen molar-refractivity contribution in [1.82, 2.24) is 14.0 Å². The lowest BCUT2D eigenvalue weighted by Gasteiger charge is -2.42. The number of imide groups is 1. The maximum absolute atomic E-state index is 11.4. The van der Waals surface area contributed by atoms with Gasteiger partial charge in [0.15, 0.2) is 0 Å². The van der Waals surface area contributed by atoms with E-state index >= 15 is 0 Å². The van der Waals surface area contributed by atoms with E-state index in [1.165, 1.54) is 30.3 Å². The summed E-state index contributed by atoms with van der Waals surface area (Å²) in [4.78, 5) is 23.7. The summed E-state index contributed by atoms with van der Waals surface area (Å²) in [6.07, 6.45) is 0. The molecule has 8 heteroatoms. The molecule has 1 aliphatic rings. The Morgan fingerprint density at radius 3 is 1.62 bits per heavy atom. The van der Waals surface area contributed by atoms with Gasteiger partial charge in [0.05, 0.1) is 0 Å². The van der Waals surface area contributed by atoms with Crippen LogP contribution in [0.2, 0.25) is 0 Å². The average molecular weight is 242 g/mol. The number of amides is 4. The number of carbonyl (C=O) groups excluding carboxylic acids is 2. The van der Waals surface area contributed by atoms with Crippen molar-refractivity contribution in [2.45, 2.75) is 0 Å². The minimum absolute atomic E-state index is 0.472.